The Morgan fingerprint density at radius 2 is 0.489 bits per heavy atom. The Hall–Kier alpha value is -12.5. The molecule has 2 unspecified atom stereocenters. The third kappa shape index (κ3) is 8.75. The van der Waals surface area contributed by atoms with Crippen molar-refractivity contribution in [3.63, 3.8) is 0 Å². The second-order valence-corrected chi connectivity index (χ2v) is 24.3. The molecule has 438 valence electrons. The smallest absolute Gasteiger partial charge is 0.164 e. The summed E-state index contributed by atoms with van der Waals surface area (Å²) in [7, 11) is 0. The van der Waals surface area contributed by atoms with Gasteiger partial charge in [-0.15, -0.1) is 0 Å². The van der Waals surface area contributed by atoms with Crippen LogP contribution in [0.1, 0.15) is 45.2 Å². The molecule has 0 aliphatic heterocycles. The molecule has 4 aromatic heterocycles. The molecular weight excluding hydrogens is 1150 g/mol. The van der Waals surface area contributed by atoms with Crippen molar-refractivity contribution in [3.05, 3.63) is 337 Å². The minimum Gasteiger partial charge on any atom is -0.456 e. The minimum absolute atomic E-state index is 0.0814. The van der Waals surface area contributed by atoms with E-state index in [-0.39, 0.29) is 11.8 Å². The summed E-state index contributed by atoms with van der Waals surface area (Å²) in [5.74, 6) is 3.78. The molecule has 17 aromatic rings. The van der Waals surface area contributed by atoms with Gasteiger partial charge in [0.1, 0.15) is 22.3 Å². The van der Waals surface area contributed by atoms with E-state index < -0.39 is 0 Å². The van der Waals surface area contributed by atoms with Crippen molar-refractivity contribution in [2.75, 3.05) is 0 Å². The van der Waals surface area contributed by atoms with E-state index in [4.69, 9.17) is 38.7 Å². The van der Waals surface area contributed by atoms with Crippen LogP contribution in [0.15, 0.2) is 312 Å². The van der Waals surface area contributed by atoms with Crippen molar-refractivity contribution in [3.8, 4) is 113 Å². The number of aromatic nitrogens is 6. The first-order valence-electron chi connectivity index (χ1n) is 31.8. The summed E-state index contributed by atoms with van der Waals surface area (Å²) in [6.45, 7) is 0. The first kappa shape index (κ1) is 53.3. The standard InChI is InChI=1S/C86H52N6O2/c1-3-19-53(20-4-1)81-87-83(91-85(89-81)67-27-11-7-23-59(67)61-31-17-35-75-79(61)69-29-13-15-33-73(69)93-75)55-41-37-51(38-42-55)57-45-47-65-71(49-57)77-63-25-9-10-26-64(63)78(65)72-50-58(46-48-66(72)77)52-39-43-56(44-40-52)84-88-82(54-21-5-2-6-22-54)90-86(92-84)68-28-12-8-24-60(68)62-32-18-36-76-80(62)70-30-14-16-34-74(70)94-76/h1-50,77-78H. The molecule has 8 heteroatoms. The lowest BCUT2D eigenvalue weighted by molar-refractivity contribution is 0.668. The lowest BCUT2D eigenvalue weighted by Crippen LogP contribution is -2.27. The van der Waals surface area contributed by atoms with Gasteiger partial charge in [-0.2, -0.15) is 0 Å². The fourth-order valence-electron chi connectivity index (χ4n) is 14.7. The summed E-state index contributed by atoms with van der Waals surface area (Å²) in [4.78, 5) is 31.3. The quantitative estimate of drug-likeness (QED) is 0.133. The predicted molar refractivity (Wildman–Crippen MR) is 377 cm³/mol. The van der Waals surface area contributed by atoms with Crippen LogP contribution in [0.4, 0.5) is 0 Å². The van der Waals surface area contributed by atoms with Crippen LogP contribution in [0.25, 0.3) is 157 Å². The Kier molecular flexibility index (Phi) is 12.2. The normalized spacial score (nSPS) is 13.7. The monoisotopic (exact) mass is 1200 g/mol. The molecule has 0 amide bonds. The van der Waals surface area contributed by atoms with E-state index in [1.807, 2.05) is 72.8 Å². The van der Waals surface area contributed by atoms with Crippen LogP contribution in [0, 0.1) is 0 Å². The number of hydrogen-bond acceptors (Lipinski definition) is 8. The number of furan rings is 2. The van der Waals surface area contributed by atoms with Crippen LogP contribution >= 0.6 is 0 Å². The summed E-state index contributed by atoms with van der Waals surface area (Å²) >= 11 is 0. The van der Waals surface area contributed by atoms with Crippen LogP contribution < -0.4 is 0 Å². The summed E-state index contributed by atoms with van der Waals surface area (Å²) in [6.07, 6.45) is 0. The summed E-state index contributed by atoms with van der Waals surface area (Å²) in [6, 6.07) is 107. The molecule has 0 saturated carbocycles. The Labute approximate surface area is 540 Å². The second kappa shape index (κ2) is 21.6. The lowest BCUT2D eigenvalue weighted by Gasteiger charge is -2.42. The summed E-state index contributed by atoms with van der Waals surface area (Å²) in [5, 5.41) is 4.27. The highest BCUT2D eigenvalue weighted by molar-refractivity contribution is 6.15. The maximum Gasteiger partial charge on any atom is 0.164 e. The van der Waals surface area contributed by atoms with E-state index in [0.717, 1.165) is 122 Å². The van der Waals surface area contributed by atoms with Gasteiger partial charge < -0.3 is 8.83 Å². The molecule has 4 heterocycles. The van der Waals surface area contributed by atoms with Crippen molar-refractivity contribution < 1.29 is 8.83 Å². The number of hydrogen-bond donors (Lipinski definition) is 0. The number of benzene rings is 13. The average Bonchev–Trinajstić information content (AvgIpc) is 0.755. The summed E-state index contributed by atoms with van der Waals surface area (Å²) < 4.78 is 12.7. The third-order valence-electron chi connectivity index (χ3n) is 19.0. The molecular formula is C86H52N6O2. The van der Waals surface area contributed by atoms with E-state index >= 15 is 0 Å². The number of fused-ring (bicyclic) bond motifs is 6. The number of para-hydroxylation sites is 2. The number of rotatable bonds is 10. The van der Waals surface area contributed by atoms with E-state index in [1.54, 1.807) is 0 Å². The molecule has 13 aromatic carbocycles. The molecule has 0 fully saturated rings. The second-order valence-electron chi connectivity index (χ2n) is 24.3. The molecule has 0 radical (unpaired) electrons. The van der Waals surface area contributed by atoms with Crippen LogP contribution in [-0.4, -0.2) is 29.9 Å². The van der Waals surface area contributed by atoms with E-state index in [2.05, 4.69) is 231 Å². The Bertz CT molecular complexity index is 5520. The summed E-state index contributed by atoms with van der Waals surface area (Å²) in [5.41, 5.74) is 25.7. The van der Waals surface area contributed by atoms with Crippen molar-refractivity contribution in [2.45, 2.75) is 11.8 Å². The third-order valence-corrected chi connectivity index (χ3v) is 19.0. The molecule has 2 atom stereocenters. The van der Waals surface area contributed by atoms with Crippen LogP contribution in [0.5, 0.6) is 0 Å². The molecule has 3 aliphatic carbocycles. The van der Waals surface area contributed by atoms with Crippen LogP contribution in [0.2, 0.25) is 0 Å². The number of nitrogens with zero attached hydrogens (tertiary/aromatic N) is 6. The van der Waals surface area contributed by atoms with Gasteiger partial charge in [0.25, 0.3) is 0 Å². The van der Waals surface area contributed by atoms with Crippen LogP contribution in [0.3, 0.4) is 0 Å². The van der Waals surface area contributed by atoms with Crippen molar-refractivity contribution in [1.29, 1.82) is 0 Å². The van der Waals surface area contributed by atoms with Gasteiger partial charge in [-0.1, -0.05) is 267 Å². The fraction of sp³-hybridized carbons (Fsp3) is 0.0233. The van der Waals surface area contributed by atoms with E-state index in [0.29, 0.717) is 34.9 Å². The van der Waals surface area contributed by atoms with Crippen molar-refractivity contribution in [1.82, 2.24) is 29.9 Å². The van der Waals surface area contributed by atoms with Gasteiger partial charge in [-0.25, -0.2) is 29.9 Å². The lowest BCUT2D eigenvalue weighted by atomic mass is 9.60. The van der Waals surface area contributed by atoms with Gasteiger partial charge in [0.15, 0.2) is 34.9 Å². The van der Waals surface area contributed by atoms with Gasteiger partial charge >= 0.3 is 0 Å². The highest BCUT2D eigenvalue weighted by Crippen LogP contribution is 2.57. The van der Waals surface area contributed by atoms with Gasteiger partial charge in [-0.05, 0) is 114 Å². The Morgan fingerprint density at radius 3 is 0.915 bits per heavy atom. The average molecular weight is 1200 g/mol. The van der Waals surface area contributed by atoms with Gasteiger partial charge in [0.2, 0.25) is 0 Å². The molecule has 2 bridgehead atoms. The van der Waals surface area contributed by atoms with Gasteiger partial charge in [0, 0.05) is 66.8 Å². The first-order chi connectivity index (χ1) is 46.6. The van der Waals surface area contributed by atoms with E-state index in [1.165, 1.54) is 33.4 Å². The molecule has 3 aliphatic rings. The zero-order chi connectivity index (χ0) is 61.8. The molecule has 0 spiro atoms. The van der Waals surface area contributed by atoms with Gasteiger partial charge in [-0.3, -0.25) is 0 Å². The topological polar surface area (TPSA) is 104 Å². The van der Waals surface area contributed by atoms with Crippen LogP contribution in [-0.2, 0) is 0 Å². The van der Waals surface area contributed by atoms with Crippen molar-refractivity contribution >= 4 is 43.9 Å². The van der Waals surface area contributed by atoms with E-state index in [9.17, 15) is 0 Å². The molecule has 0 N–H and O–H groups in total. The SMILES string of the molecule is c1ccc(-c2nc(-c3ccc(-c4ccc5c(c4)C4c6ccccc6C5c5cc(-c6ccc(-c7nc(-c8ccccc8)nc(-c8ccccc8-c8cccc9oc%10ccccc%10c89)n7)cc6)ccc54)cc3)nc(-c3ccccc3-c3cccc4oc5ccccc5c34)n2)cc1. The molecule has 8 nitrogen and oxygen atoms in total. The molecule has 94 heavy (non-hydrogen) atoms. The van der Waals surface area contributed by atoms with Crippen molar-refractivity contribution in [2.24, 2.45) is 0 Å². The van der Waals surface area contributed by atoms with Gasteiger partial charge in [0.05, 0.1) is 0 Å². The fourth-order valence-corrected chi connectivity index (χ4v) is 14.7. The zero-order valence-corrected chi connectivity index (χ0v) is 50.5. The first-order valence-corrected chi connectivity index (χ1v) is 31.8. The molecule has 20 rings (SSSR count). The Balaban J connectivity index is 0.645. The largest absolute Gasteiger partial charge is 0.456 e. The molecule has 0 saturated heterocycles. The maximum atomic E-state index is 6.35. The highest BCUT2D eigenvalue weighted by atomic mass is 16.3. The predicted octanol–water partition coefficient (Wildman–Crippen LogP) is 21.5. The minimum atomic E-state index is 0.0814. The Morgan fingerprint density at radius 1 is 0.191 bits per heavy atom. The maximum absolute atomic E-state index is 6.35. The highest BCUT2D eigenvalue weighted by Gasteiger charge is 2.41. The zero-order valence-electron chi connectivity index (χ0n) is 50.5.